The second kappa shape index (κ2) is 36.5. The normalized spacial score (nSPS) is 29.1. The molecule has 3 aliphatic heterocycles. The summed E-state index contributed by atoms with van der Waals surface area (Å²) < 4.78 is 97.4. The van der Waals surface area contributed by atoms with Crippen LogP contribution in [0.3, 0.4) is 0 Å². The molecule has 100 heavy (non-hydrogen) atoms. The number of morpholine rings is 1. The first-order valence-electron chi connectivity index (χ1n) is 35.2. The van der Waals surface area contributed by atoms with Crippen molar-refractivity contribution in [3.05, 3.63) is 0 Å². The van der Waals surface area contributed by atoms with Crippen molar-refractivity contribution in [2.75, 3.05) is 115 Å². The molecule has 3 N–H and O–H groups in total. The van der Waals surface area contributed by atoms with E-state index in [9.17, 15) is 64.7 Å². The molecule has 0 radical (unpaired) electrons. The molecule has 0 aromatic carbocycles. The molecule has 6 rings (SSSR count). The highest BCUT2D eigenvalue weighted by molar-refractivity contribution is 6.21. The van der Waals surface area contributed by atoms with Crippen molar-refractivity contribution >= 4 is 82.5 Å². The Balaban J connectivity index is 1.43. The Morgan fingerprint density at radius 3 is 1.87 bits per heavy atom. The average Bonchev–Trinajstić information content (AvgIpc) is 1.39. The molecule has 12 amide bonds. The molecule has 0 aromatic heterocycles. The minimum absolute atomic E-state index is 0.000491. The van der Waals surface area contributed by atoms with E-state index in [0.717, 1.165) is 38.0 Å². The number of hydrogen-bond donors (Lipinski definition) is 3. The fourth-order valence-corrected chi connectivity index (χ4v) is 15.3. The molecular weight excluding hydrogens is 1350 g/mol. The van der Waals surface area contributed by atoms with Crippen LogP contribution >= 0.6 is 11.6 Å². The lowest BCUT2D eigenvalue weighted by Crippen LogP contribution is -2.65. The molecule has 3 saturated heterocycles. The zero-order valence-corrected chi connectivity index (χ0v) is 60.3. The zero-order chi connectivity index (χ0) is 74.3. The Hall–Kier alpha value is -6.57. The van der Waals surface area contributed by atoms with Gasteiger partial charge in [-0.25, -0.2) is 0 Å². The standard InChI is InChI=1S/C67H105ClF6N12O14/c1-11-31-100-40-50-60(94)79(5)37-51(87)75-46(25-23-42-22-24-44(45(68)34-42)67(72,73)74)59(93)86-28-18-21-47(86)58(92)77-65(26-16-17-27-65)64(98)84(10)56(43-19-14-13-15-20-43)63(97)83(9)48(61(95)85-29-32-99-33-30-85)35-52(88)81(7)49(36-66(69,70)71)57(91)76-55(41(3)12-2)62(96)80(6)38-53(89)78(4)39-54(90)82(50)8/h41-50,55-56H,11-40H2,1-10H3,(H,75,87)(H,76,91)(H,77,92)/t41-,42?,44?,45?,46-,47-,48-,49-,50-,55-,56-/m0/s1. The number of amides is 12. The average molecular weight is 1450 g/mol. The van der Waals surface area contributed by atoms with Gasteiger partial charge < -0.3 is 69.5 Å². The molecule has 0 bridgehead atoms. The Morgan fingerprint density at radius 1 is 0.650 bits per heavy atom. The van der Waals surface area contributed by atoms with Gasteiger partial charge in [0.2, 0.25) is 70.9 Å². The maximum atomic E-state index is 15.7. The molecule has 33 heteroatoms. The maximum Gasteiger partial charge on any atom is 0.393 e. The molecule has 6 aliphatic rings. The van der Waals surface area contributed by atoms with Gasteiger partial charge in [-0.3, -0.25) is 57.5 Å². The second-order valence-corrected chi connectivity index (χ2v) is 28.9. The molecule has 1 spiro atoms. The van der Waals surface area contributed by atoms with Crippen LogP contribution in [0.25, 0.3) is 0 Å². The van der Waals surface area contributed by atoms with Crippen LogP contribution in [0.5, 0.6) is 0 Å². The zero-order valence-electron chi connectivity index (χ0n) is 59.5. The van der Waals surface area contributed by atoms with Gasteiger partial charge in [0.25, 0.3) is 0 Å². The minimum atomic E-state index is -5.11. The van der Waals surface area contributed by atoms with Crippen LogP contribution in [0.1, 0.15) is 149 Å². The van der Waals surface area contributed by atoms with E-state index in [-0.39, 0.29) is 104 Å². The molecule has 3 aliphatic carbocycles. The van der Waals surface area contributed by atoms with Crippen LogP contribution in [0, 0.1) is 23.7 Å². The van der Waals surface area contributed by atoms with Crippen LogP contribution in [0.4, 0.5) is 26.3 Å². The third-order valence-electron chi connectivity index (χ3n) is 21.2. The van der Waals surface area contributed by atoms with Gasteiger partial charge >= 0.3 is 12.4 Å². The van der Waals surface area contributed by atoms with Crippen molar-refractivity contribution in [2.45, 2.75) is 215 Å². The first kappa shape index (κ1) is 82.4. The number of nitrogens with one attached hydrogen (secondary N) is 3. The third kappa shape index (κ3) is 21.3. The van der Waals surface area contributed by atoms with E-state index in [2.05, 4.69) is 16.0 Å². The summed E-state index contributed by atoms with van der Waals surface area (Å²) in [5.74, 6) is -14.1. The van der Waals surface area contributed by atoms with Crippen LogP contribution < -0.4 is 16.0 Å². The molecule has 566 valence electrons. The van der Waals surface area contributed by atoms with Gasteiger partial charge in [0.15, 0.2) is 0 Å². The van der Waals surface area contributed by atoms with Gasteiger partial charge in [-0.1, -0.05) is 59.3 Å². The Labute approximate surface area is 587 Å². The van der Waals surface area contributed by atoms with Gasteiger partial charge in [-0.05, 0) is 94.8 Å². The van der Waals surface area contributed by atoms with Crippen molar-refractivity contribution in [1.29, 1.82) is 0 Å². The second-order valence-electron chi connectivity index (χ2n) is 28.3. The van der Waals surface area contributed by atoms with Crippen molar-refractivity contribution in [1.82, 2.24) is 60.0 Å². The summed E-state index contributed by atoms with van der Waals surface area (Å²) in [4.78, 5) is 186. The molecule has 3 unspecified atom stereocenters. The number of carbonyl (C=O) groups excluding carboxylic acids is 12. The van der Waals surface area contributed by atoms with Gasteiger partial charge in [-0.15, -0.1) is 11.6 Å². The van der Waals surface area contributed by atoms with E-state index in [1.165, 1.54) is 63.9 Å². The summed E-state index contributed by atoms with van der Waals surface area (Å²) in [6.45, 7) is 2.70. The van der Waals surface area contributed by atoms with Crippen LogP contribution in [-0.4, -0.2) is 296 Å². The highest BCUT2D eigenvalue weighted by atomic mass is 35.5. The summed E-state index contributed by atoms with van der Waals surface area (Å²) in [5, 5.41) is 6.87. The fourth-order valence-electron chi connectivity index (χ4n) is 14.8. The highest BCUT2D eigenvalue weighted by Gasteiger charge is 2.53. The van der Waals surface area contributed by atoms with Gasteiger partial charge in [-0.2, -0.15) is 26.3 Å². The number of nitrogens with zero attached hydrogens (tertiary/aromatic N) is 9. The van der Waals surface area contributed by atoms with E-state index in [1.807, 2.05) is 0 Å². The molecule has 3 heterocycles. The van der Waals surface area contributed by atoms with E-state index in [4.69, 9.17) is 21.1 Å². The highest BCUT2D eigenvalue weighted by Crippen LogP contribution is 2.44. The molecule has 11 atom stereocenters. The largest absolute Gasteiger partial charge is 0.393 e. The van der Waals surface area contributed by atoms with Crippen molar-refractivity contribution in [3.8, 4) is 0 Å². The Bertz CT molecular complexity index is 2900. The smallest absolute Gasteiger partial charge is 0.379 e. The van der Waals surface area contributed by atoms with Crippen LogP contribution in [0.2, 0.25) is 0 Å². The number of carbonyl (C=O) groups is 12. The molecule has 3 saturated carbocycles. The lowest BCUT2D eigenvalue weighted by atomic mass is 9.78. The topological polar surface area (TPSA) is 289 Å². The van der Waals surface area contributed by atoms with Crippen molar-refractivity contribution in [3.63, 3.8) is 0 Å². The van der Waals surface area contributed by atoms with Crippen molar-refractivity contribution < 1.29 is 93.4 Å². The number of likely N-dealkylation sites (N-methyl/N-ethyl adjacent to an activating group) is 7. The van der Waals surface area contributed by atoms with Gasteiger partial charge in [0.1, 0.15) is 47.8 Å². The van der Waals surface area contributed by atoms with E-state index >= 15 is 19.2 Å². The number of hydrogen-bond acceptors (Lipinski definition) is 14. The Morgan fingerprint density at radius 2 is 1.27 bits per heavy atom. The fraction of sp³-hybridized carbons (Fsp3) is 0.821. The lowest BCUT2D eigenvalue weighted by Gasteiger charge is -2.43. The van der Waals surface area contributed by atoms with E-state index in [0.29, 0.717) is 49.8 Å². The summed E-state index contributed by atoms with van der Waals surface area (Å²) in [7, 11) is 8.53. The summed E-state index contributed by atoms with van der Waals surface area (Å²) in [6.07, 6.45) is -7.73. The number of ether oxygens (including phenoxy) is 2. The Kier molecular flexibility index (Phi) is 30.1. The predicted molar refractivity (Wildman–Crippen MR) is 353 cm³/mol. The maximum absolute atomic E-state index is 15.7. The van der Waals surface area contributed by atoms with Crippen molar-refractivity contribution in [2.24, 2.45) is 23.7 Å². The SMILES string of the molecule is CCCOC[C@H]1C(=O)N(C)CC(=O)N[C@@H](CCC2CCC(C(F)(F)F)C(Cl)C2)C(=O)N2CCC[C@H]2C(=O)NC2(CCCC2)C(=O)N(C)[C@@H](C2CCCCC2)C(=O)N(C)[C@H](C(=O)N2CCOCC2)CC(=O)N(C)[C@@H](CC(F)(F)F)C(=O)N[C@@H]([C@@H](C)CC)C(=O)N(C)CC(=O)N(C)CC(=O)N1C. The van der Waals surface area contributed by atoms with E-state index < -0.39 is 199 Å². The first-order valence-corrected chi connectivity index (χ1v) is 35.6. The summed E-state index contributed by atoms with van der Waals surface area (Å²) in [5.41, 5.74) is -1.67. The quantitative estimate of drug-likeness (QED) is 0.143. The molecule has 26 nitrogen and oxygen atoms in total. The molecular formula is C67H105ClF6N12O14. The monoisotopic (exact) mass is 1450 g/mol. The minimum Gasteiger partial charge on any atom is -0.379 e. The van der Waals surface area contributed by atoms with Crippen LogP contribution in [-0.2, 0) is 67.0 Å². The molecule has 0 aromatic rings. The summed E-state index contributed by atoms with van der Waals surface area (Å²) >= 11 is 6.36. The lowest BCUT2D eigenvalue weighted by molar-refractivity contribution is -0.182. The third-order valence-corrected chi connectivity index (χ3v) is 21.7. The number of alkyl halides is 7. The van der Waals surface area contributed by atoms with Gasteiger partial charge in [0, 0.05) is 81.0 Å². The number of halogens is 7. The number of rotatable bonds is 12. The van der Waals surface area contributed by atoms with E-state index in [1.54, 1.807) is 13.8 Å². The summed E-state index contributed by atoms with van der Waals surface area (Å²) in [6, 6.07) is -11.1. The van der Waals surface area contributed by atoms with Crippen LogP contribution in [0.15, 0.2) is 0 Å². The van der Waals surface area contributed by atoms with Gasteiger partial charge in [0.05, 0.1) is 58.2 Å². The first-order chi connectivity index (χ1) is 47.0. The predicted octanol–water partition coefficient (Wildman–Crippen LogP) is 3.69. The molecule has 6 fully saturated rings. The number of fused-ring (bicyclic) bond motifs is 1.